The van der Waals surface area contributed by atoms with E-state index in [4.69, 9.17) is 14.7 Å². The Morgan fingerprint density at radius 2 is 2.14 bits per heavy atom. The van der Waals surface area contributed by atoms with Crippen molar-refractivity contribution in [1.82, 2.24) is 5.32 Å². The molecule has 0 fully saturated rings. The van der Waals surface area contributed by atoms with Crippen molar-refractivity contribution in [3.63, 3.8) is 0 Å². The van der Waals surface area contributed by atoms with Gasteiger partial charge in [0.2, 0.25) is 5.91 Å². The van der Waals surface area contributed by atoms with Crippen LogP contribution in [-0.4, -0.2) is 19.6 Å². The quantitative estimate of drug-likeness (QED) is 0.674. The van der Waals surface area contributed by atoms with Gasteiger partial charge in [0.05, 0.1) is 19.8 Å². The smallest absolute Gasteiger partial charge is 0.234 e. The number of benzene rings is 1. The maximum absolute atomic E-state index is 11.4. The number of methoxy groups -OCH3 is 1. The van der Waals surface area contributed by atoms with E-state index in [9.17, 15) is 4.79 Å². The average Bonchev–Trinajstić information content (AvgIpc) is 2.53. The first-order valence-corrected chi connectivity index (χ1v) is 7.64. The number of nitrogens with one attached hydrogen (secondary N) is 1. The molecule has 22 heavy (non-hydrogen) atoms. The maximum Gasteiger partial charge on any atom is 0.234 e. The lowest BCUT2D eigenvalue weighted by Gasteiger charge is -2.13. The second-order valence-electron chi connectivity index (χ2n) is 4.99. The van der Waals surface area contributed by atoms with Crippen LogP contribution >= 0.6 is 0 Å². The topological polar surface area (TPSA) is 71.3 Å². The third-order valence-electron chi connectivity index (χ3n) is 3.25. The minimum Gasteiger partial charge on any atom is -0.497 e. The molecule has 5 heteroatoms. The summed E-state index contributed by atoms with van der Waals surface area (Å²) in [6, 6.07) is 7.35. The molecule has 0 atom stereocenters. The van der Waals surface area contributed by atoms with Crippen LogP contribution in [0.25, 0.3) is 0 Å². The molecule has 0 saturated carbocycles. The van der Waals surface area contributed by atoms with Crippen molar-refractivity contribution in [1.29, 1.82) is 5.26 Å². The zero-order valence-electron chi connectivity index (χ0n) is 13.4. The fourth-order valence-electron chi connectivity index (χ4n) is 1.98. The summed E-state index contributed by atoms with van der Waals surface area (Å²) >= 11 is 0. The number of nitriles is 1. The van der Waals surface area contributed by atoms with E-state index in [2.05, 4.69) is 12.2 Å². The molecule has 1 aromatic rings. The highest BCUT2D eigenvalue weighted by Crippen LogP contribution is 2.25. The first-order chi connectivity index (χ1) is 10.7. The number of carbonyl (C=O) groups excluding carboxylic acids is 1. The molecule has 120 valence electrons. The molecule has 0 aliphatic heterocycles. The van der Waals surface area contributed by atoms with E-state index >= 15 is 0 Å². The summed E-state index contributed by atoms with van der Waals surface area (Å²) in [6.07, 6.45) is 4.41. The lowest BCUT2D eigenvalue weighted by atomic mass is 10.2. The van der Waals surface area contributed by atoms with Gasteiger partial charge in [-0.2, -0.15) is 5.26 Å². The van der Waals surface area contributed by atoms with Crippen LogP contribution in [0.2, 0.25) is 0 Å². The molecule has 1 amide bonds. The lowest BCUT2D eigenvalue weighted by Crippen LogP contribution is -2.22. The third kappa shape index (κ3) is 6.49. The first kappa shape index (κ1) is 17.8. The number of carbonyl (C=O) groups is 1. The predicted octanol–water partition coefficient (Wildman–Crippen LogP) is 3.18. The van der Waals surface area contributed by atoms with Gasteiger partial charge in [-0.3, -0.25) is 4.79 Å². The van der Waals surface area contributed by atoms with Crippen molar-refractivity contribution in [2.24, 2.45) is 0 Å². The van der Waals surface area contributed by atoms with Gasteiger partial charge in [-0.1, -0.05) is 26.2 Å². The Hall–Kier alpha value is -2.22. The Bertz CT molecular complexity index is 509. The van der Waals surface area contributed by atoms with E-state index < -0.39 is 0 Å². The molecule has 1 aromatic carbocycles. The molecule has 0 spiro atoms. The van der Waals surface area contributed by atoms with Gasteiger partial charge >= 0.3 is 0 Å². The van der Waals surface area contributed by atoms with Crippen LogP contribution < -0.4 is 14.8 Å². The van der Waals surface area contributed by atoms with E-state index in [0.717, 1.165) is 24.2 Å². The van der Waals surface area contributed by atoms with Crippen molar-refractivity contribution in [3.05, 3.63) is 23.8 Å². The number of ether oxygens (including phenoxy) is 2. The van der Waals surface area contributed by atoms with Crippen molar-refractivity contribution < 1.29 is 14.3 Å². The van der Waals surface area contributed by atoms with Gasteiger partial charge < -0.3 is 14.8 Å². The summed E-state index contributed by atoms with van der Waals surface area (Å²) in [6.45, 7) is 3.16. The van der Waals surface area contributed by atoms with Crippen LogP contribution in [0.15, 0.2) is 18.2 Å². The highest BCUT2D eigenvalue weighted by molar-refractivity contribution is 5.78. The summed E-state index contributed by atoms with van der Waals surface area (Å²) in [5.41, 5.74) is 0.877. The van der Waals surface area contributed by atoms with E-state index in [1.165, 1.54) is 12.8 Å². The molecule has 0 heterocycles. The summed E-state index contributed by atoms with van der Waals surface area (Å²) in [4.78, 5) is 11.4. The molecule has 0 aromatic heterocycles. The highest BCUT2D eigenvalue weighted by atomic mass is 16.5. The van der Waals surface area contributed by atoms with Crippen LogP contribution in [0.4, 0.5) is 0 Å². The predicted molar refractivity (Wildman–Crippen MR) is 84.7 cm³/mol. The van der Waals surface area contributed by atoms with Gasteiger partial charge in [-0.15, -0.1) is 0 Å². The van der Waals surface area contributed by atoms with Gasteiger partial charge in [-0.05, 0) is 18.6 Å². The monoisotopic (exact) mass is 304 g/mol. The minimum absolute atomic E-state index is 0.136. The molecule has 0 aliphatic rings. The molecular formula is C17H24N2O3. The summed E-state index contributed by atoms with van der Waals surface area (Å²) in [5.74, 6) is 1.15. The van der Waals surface area contributed by atoms with Crippen LogP contribution in [0, 0.1) is 11.3 Å². The molecule has 0 radical (unpaired) electrons. The second kappa shape index (κ2) is 10.5. The van der Waals surface area contributed by atoms with Crippen molar-refractivity contribution in [2.75, 3.05) is 13.7 Å². The summed E-state index contributed by atoms with van der Waals surface area (Å²) in [7, 11) is 1.61. The number of rotatable bonds is 10. The van der Waals surface area contributed by atoms with Gasteiger partial charge in [0.1, 0.15) is 17.9 Å². The van der Waals surface area contributed by atoms with E-state index in [1.807, 2.05) is 24.3 Å². The number of nitrogens with zero attached hydrogens (tertiary/aromatic N) is 1. The third-order valence-corrected chi connectivity index (χ3v) is 3.25. The van der Waals surface area contributed by atoms with Crippen LogP contribution in [0.5, 0.6) is 11.5 Å². The highest BCUT2D eigenvalue weighted by Gasteiger charge is 2.08. The molecule has 1 N–H and O–H groups in total. The molecule has 0 bridgehead atoms. The Balaban J connectivity index is 2.62. The largest absolute Gasteiger partial charge is 0.497 e. The molecule has 1 rings (SSSR count). The fourth-order valence-corrected chi connectivity index (χ4v) is 1.98. The Morgan fingerprint density at radius 3 is 2.82 bits per heavy atom. The van der Waals surface area contributed by atoms with Crippen molar-refractivity contribution in [3.8, 4) is 17.6 Å². The SMILES string of the molecule is CCCCCCOc1cc(OC)ccc1CNC(=O)CC#N. The molecular weight excluding hydrogens is 280 g/mol. The van der Waals surface area contributed by atoms with Gasteiger partial charge in [0, 0.05) is 18.2 Å². The molecule has 0 saturated heterocycles. The normalized spacial score (nSPS) is 9.86. The number of unbranched alkanes of at least 4 members (excludes halogenated alkanes) is 3. The number of hydrogen-bond donors (Lipinski definition) is 1. The Labute approximate surface area is 132 Å². The Kier molecular flexibility index (Phi) is 8.51. The van der Waals surface area contributed by atoms with Gasteiger partial charge in [0.25, 0.3) is 0 Å². The zero-order chi connectivity index (χ0) is 16.2. The van der Waals surface area contributed by atoms with E-state index in [-0.39, 0.29) is 12.3 Å². The van der Waals surface area contributed by atoms with Crippen LogP contribution in [0.3, 0.4) is 0 Å². The molecule has 5 nitrogen and oxygen atoms in total. The van der Waals surface area contributed by atoms with Crippen LogP contribution in [-0.2, 0) is 11.3 Å². The minimum atomic E-state index is -0.285. The fraction of sp³-hybridized carbons (Fsp3) is 0.529. The summed E-state index contributed by atoms with van der Waals surface area (Å²) < 4.78 is 11.0. The van der Waals surface area contributed by atoms with E-state index in [1.54, 1.807) is 7.11 Å². The second-order valence-corrected chi connectivity index (χ2v) is 4.99. The van der Waals surface area contributed by atoms with Gasteiger partial charge in [-0.25, -0.2) is 0 Å². The van der Waals surface area contributed by atoms with Crippen molar-refractivity contribution in [2.45, 2.75) is 45.6 Å². The van der Waals surface area contributed by atoms with Crippen molar-refractivity contribution >= 4 is 5.91 Å². The van der Waals surface area contributed by atoms with Gasteiger partial charge in [0.15, 0.2) is 0 Å². The van der Waals surface area contributed by atoms with Crippen LogP contribution in [0.1, 0.15) is 44.6 Å². The summed E-state index contributed by atoms with van der Waals surface area (Å²) in [5, 5.41) is 11.2. The lowest BCUT2D eigenvalue weighted by molar-refractivity contribution is -0.120. The molecule has 0 aliphatic carbocycles. The first-order valence-electron chi connectivity index (χ1n) is 7.64. The maximum atomic E-state index is 11.4. The zero-order valence-corrected chi connectivity index (χ0v) is 13.4. The number of amides is 1. The number of hydrogen-bond acceptors (Lipinski definition) is 4. The Morgan fingerprint density at radius 1 is 1.32 bits per heavy atom. The molecule has 0 unspecified atom stereocenters. The average molecular weight is 304 g/mol. The van der Waals surface area contributed by atoms with E-state index in [0.29, 0.717) is 18.9 Å². The standard InChI is InChI=1S/C17H24N2O3/c1-3-4-5-6-11-22-16-12-15(21-2)8-7-14(16)13-19-17(20)9-10-18/h7-8,12H,3-6,9,11,13H2,1-2H3,(H,19,20).